The Morgan fingerprint density at radius 2 is 1.58 bits per heavy atom. The molecule has 0 radical (unpaired) electrons. The van der Waals surface area contributed by atoms with E-state index in [0.717, 1.165) is 0 Å². The van der Waals surface area contributed by atoms with Gasteiger partial charge in [-0.2, -0.15) is 0 Å². The summed E-state index contributed by atoms with van der Waals surface area (Å²) < 4.78 is 0. The Bertz CT molecular complexity index is 178. The van der Waals surface area contributed by atoms with Gasteiger partial charge in [0.25, 0.3) is 0 Å². The number of hydrogen-bond acceptors (Lipinski definition) is 0. The Hall–Kier alpha value is -0.520. The second-order valence-corrected chi connectivity index (χ2v) is 3.77. The normalized spacial score (nSPS) is 11.6. The molecule has 0 aliphatic rings. The molecule has 0 rings (SSSR count). The van der Waals surface area contributed by atoms with Crippen molar-refractivity contribution in [1.82, 2.24) is 0 Å². The molecule has 0 unspecified atom stereocenters. The fourth-order valence-corrected chi connectivity index (χ4v) is 1.03. The van der Waals surface area contributed by atoms with Gasteiger partial charge in [0.1, 0.15) is 0 Å². The Labute approximate surface area is 77.4 Å². The highest BCUT2D eigenvalue weighted by atomic mass is 14.0. The molecule has 0 saturated carbocycles. The average molecular weight is 166 g/mol. The smallest absolute Gasteiger partial charge is 0.0318 e. The lowest BCUT2D eigenvalue weighted by Gasteiger charge is -2.03. The van der Waals surface area contributed by atoms with E-state index >= 15 is 0 Å². The molecule has 0 atom stereocenters. The summed E-state index contributed by atoms with van der Waals surface area (Å²) in [7, 11) is 0. The maximum absolute atomic E-state index is 2.24. The quantitative estimate of drug-likeness (QED) is 0.540. The van der Waals surface area contributed by atoms with Crippen molar-refractivity contribution >= 4 is 0 Å². The Kier molecular flexibility index (Phi) is 5.79. The third-order valence-corrected chi connectivity index (χ3v) is 2.47. The number of allylic oxidation sites excluding steroid dienone is 4. The van der Waals surface area contributed by atoms with E-state index in [2.05, 4.69) is 40.7 Å². The van der Waals surface area contributed by atoms with Gasteiger partial charge >= 0.3 is 0 Å². The van der Waals surface area contributed by atoms with Crippen molar-refractivity contribution in [3.63, 3.8) is 0 Å². The predicted molar refractivity (Wildman–Crippen MR) is 57.3 cm³/mol. The van der Waals surface area contributed by atoms with Crippen LogP contribution in [0.2, 0.25) is 0 Å². The fraction of sp³-hybridized carbons (Fsp3) is 0.667. The molecule has 70 valence electrons. The third kappa shape index (κ3) is 5.17. The van der Waals surface area contributed by atoms with Crippen molar-refractivity contribution < 1.29 is 0 Å². The highest BCUT2D eigenvalue weighted by molar-refractivity contribution is 5.07. The molecule has 0 amide bonds. The zero-order valence-corrected chi connectivity index (χ0v) is 9.20. The first kappa shape index (κ1) is 11.5. The highest BCUT2D eigenvalue weighted by Crippen LogP contribution is 2.13. The first-order valence-corrected chi connectivity index (χ1v) is 4.82. The molecule has 0 heteroatoms. The van der Waals surface area contributed by atoms with E-state index in [-0.39, 0.29) is 0 Å². The van der Waals surface area contributed by atoms with E-state index in [9.17, 15) is 0 Å². The summed E-state index contributed by atoms with van der Waals surface area (Å²) in [5, 5.41) is 0. The van der Waals surface area contributed by atoms with Crippen LogP contribution in [0.4, 0.5) is 0 Å². The second kappa shape index (κ2) is 6.05. The van der Waals surface area contributed by atoms with Crippen LogP contribution in [0.3, 0.4) is 0 Å². The molecule has 0 aliphatic carbocycles. The molecule has 0 fully saturated rings. The number of rotatable bonds is 4. The average Bonchev–Trinajstić information content (AvgIpc) is 2.03. The minimum atomic E-state index is 1.25. The molecule has 0 saturated heterocycles. The molecule has 0 aromatic heterocycles. The molecule has 0 spiro atoms. The number of hydrogen-bond donors (Lipinski definition) is 0. The molecule has 0 aromatic rings. The molecule has 0 aromatic carbocycles. The summed E-state index contributed by atoms with van der Waals surface area (Å²) in [5.74, 6) is 0. The van der Waals surface area contributed by atoms with Crippen molar-refractivity contribution in [1.29, 1.82) is 0 Å². The molecule has 0 N–H and O–H groups in total. The monoisotopic (exact) mass is 166 g/mol. The highest BCUT2D eigenvalue weighted by Gasteiger charge is 1.93. The van der Waals surface area contributed by atoms with Gasteiger partial charge in [-0.25, -0.2) is 0 Å². The summed E-state index contributed by atoms with van der Waals surface area (Å²) in [6, 6.07) is 0. The SMILES string of the molecule is CC=C(C)CCCC(C)=C(C)C. The van der Waals surface area contributed by atoms with Gasteiger partial charge < -0.3 is 0 Å². The van der Waals surface area contributed by atoms with Crippen LogP contribution in [0.5, 0.6) is 0 Å². The Balaban J connectivity index is 3.65. The zero-order chi connectivity index (χ0) is 9.56. The van der Waals surface area contributed by atoms with E-state index in [1.165, 1.54) is 30.4 Å². The molecule has 0 heterocycles. The van der Waals surface area contributed by atoms with Crippen LogP contribution >= 0.6 is 0 Å². The van der Waals surface area contributed by atoms with Gasteiger partial charge in [0.15, 0.2) is 0 Å². The van der Waals surface area contributed by atoms with Crippen molar-refractivity contribution in [2.45, 2.75) is 53.9 Å². The van der Waals surface area contributed by atoms with E-state index in [0.29, 0.717) is 0 Å². The summed E-state index contributed by atoms with van der Waals surface area (Å²) >= 11 is 0. The van der Waals surface area contributed by atoms with Gasteiger partial charge in [0.2, 0.25) is 0 Å². The summed E-state index contributed by atoms with van der Waals surface area (Å²) in [5.41, 5.74) is 4.54. The summed E-state index contributed by atoms with van der Waals surface area (Å²) in [6.07, 6.45) is 6.01. The van der Waals surface area contributed by atoms with Gasteiger partial charge in [-0.05, 0) is 53.9 Å². The molecular formula is C12H22. The fourth-order valence-electron chi connectivity index (χ4n) is 1.03. The summed E-state index contributed by atoms with van der Waals surface area (Å²) in [6.45, 7) is 10.9. The van der Waals surface area contributed by atoms with Crippen molar-refractivity contribution in [2.75, 3.05) is 0 Å². The van der Waals surface area contributed by atoms with Crippen molar-refractivity contribution in [3.8, 4) is 0 Å². The summed E-state index contributed by atoms with van der Waals surface area (Å²) in [4.78, 5) is 0. The van der Waals surface area contributed by atoms with E-state index in [4.69, 9.17) is 0 Å². The molecular weight excluding hydrogens is 144 g/mol. The lowest BCUT2D eigenvalue weighted by Crippen LogP contribution is -1.83. The third-order valence-electron chi connectivity index (χ3n) is 2.47. The van der Waals surface area contributed by atoms with Gasteiger partial charge in [-0.1, -0.05) is 22.8 Å². The topological polar surface area (TPSA) is 0 Å². The Morgan fingerprint density at radius 1 is 1.00 bits per heavy atom. The van der Waals surface area contributed by atoms with E-state index in [1.54, 1.807) is 5.57 Å². The first-order valence-electron chi connectivity index (χ1n) is 4.82. The van der Waals surface area contributed by atoms with Gasteiger partial charge in [-0.3, -0.25) is 0 Å². The maximum atomic E-state index is 2.24. The van der Waals surface area contributed by atoms with Crippen LogP contribution in [0.15, 0.2) is 22.8 Å². The standard InChI is InChI=1S/C12H22/c1-6-11(4)8-7-9-12(5)10(2)3/h6H,7-9H2,1-5H3. The Morgan fingerprint density at radius 3 is 2.00 bits per heavy atom. The van der Waals surface area contributed by atoms with Crippen LogP contribution in [-0.2, 0) is 0 Å². The van der Waals surface area contributed by atoms with Crippen LogP contribution < -0.4 is 0 Å². The molecule has 12 heavy (non-hydrogen) atoms. The van der Waals surface area contributed by atoms with Crippen LogP contribution in [0.1, 0.15) is 53.9 Å². The minimum Gasteiger partial charge on any atom is -0.0887 e. The van der Waals surface area contributed by atoms with Crippen molar-refractivity contribution in [2.24, 2.45) is 0 Å². The minimum absolute atomic E-state index is 1.25. The lowest BCUT2D eigenvalue weighted by atomic mass is 10.0. The van der Waals surface area contributed by atoms with Gasteiger partial charge in [0.05, 0.1) is 0 Å². The maximum Gasteiger partial charge on any atom is -0.0318 e. The lowest BCUT2D eigenvalue weighted by molar-refractivity contribution is 0.795. The van der Waals surface area contributed by atoms with E-state index < -0.39 is 0 Å². The van der Waals surface area contributed by atoms with E-state index in [1.807, 2.05) is 0 Å². The first-order chi connectivity index (χ1) is 5.57. The van der Waals surface area contributed by atoms with Gasteiger partial charge in [0, 0.05) is 0 Å². The van der Waals surface area contributed by atoms with Crippen LogP contribution in [0, 0.1) is 0 Å². The van der Waals surface area contributed by atoms with Crippen LogP contribution in [-0.4, -0.2) is 0 Å². The second-order valence-electron chi connectivity index (χ2n) is 3.77. The van der Waals surface area contributed by atoms with Crippen LogP contribution in [0.25, 0.3) is 0 Å². The largest absolute Gasteiger partial charge is 0.0887 e. The zero-order valence-electron chi connectivity index (χ0n) is 9.20. The van der Waals surface area contributed by atoms with Gasteiger partial charge in [-0.15, -0.1) is 0 Å². The predicted octanol–water partition coefficient (Wildman–Crippen LogP) is 4.48. The molecule has 0 aliphatic heterocycles. The molecule has 0 nitrogen and oxygen atoms in total. The molecule has 0 bridgehead atoms. The van der Waals surface area contributed by atoms with Crippen molar-refractivity contribution in [3.05, 3.63) is 22.8 Å².